The van der Waals surface area contributed by atoms with E-state index in [0.717, 1.165) is 37.1 Å². The van der Waals surface area contributed by atoms with Crippen LogP contribution >= 0.6 is 0 Å². The molecule has 1 N–H and O–H groups in total. The second-order valence-electron chi connectivity index (χ2n) is 6.37. The van der Waals surface area contributed by atoms with Crippen molar-refractivity contribution in [2.75, 3.05) is 13.2 Å². The number of halogens is 3. The van der Waals surface area contributed by atoms with Gasteiger partial charge in [0.25, 0.3) is 0 Å². The number of alkyl halides is 3. The van der Waals surface area contributed by atoms with Crippen LogP contribution in [0.3, 0.4) is 0 Å². The summed E-state index contributed by atoms with van der Waals surface area (Å²) in [6, 6.07) is 14.3. The van der Waals surface area contributed by atoms with E-state index in [1.54, 1.807) is 0 Å². The van der Waals surface area contributed by atoms with Gasteiger partial charge in [0.1, 0.15) is 0 Å². The molecule has 2 atom stereocenters. The Kier molecular flexibility index (Phi) is 5.65. The molecular weight excluding hydrogens is 339 g/mol. The molecule has 0 radical (unpaired) electrons. The number of aliphatic hydroxyl groups is 1. The number of hydrogen-bond acceptors (Lipinski definition) is 2. The topological polar surface area (TPSA) is 23.5 Å². The summed E-state index contributed by atoms with van der Waals surface area (Å²) in [6.45, 7) is 0.782. The second-order valence-corrected chi connectivity index (χ2v) is 6.37. The summed E-state index contributed by atoms with van der Waals surface area (Å²) < 4.78 is 38.5. The van der Waals surface area contributed by atoms with E-state index in [0.29, 0.717) is 5.56 Å². The van der Waals surface area contributed by atoms with Crippen molar-refractivity contribution in [1.82, 2.24) is 4.90 Å². The van der Waals surface area contributed by atoms with Crippen LogP contribution in [0, 0.1) is 11.8 Å². The molecule has 1 heterocycles. The molecule has 2 aromatic rings. The molecule has 136 valence electrons. The van der Waals surface area contributed by atoms with E-state index in [-0.39, 0.29) is 18.7 Å². The fraction of sp³-hybridized carbons (Fsp3) is 0.333. The van der Waals surface area contributed by atoms with Gasteiger partial charge in [-0.05, 0) is 42.7 Å². The van der Waals surface area contributed by atoms with Gasteiger partial charge in [-0.3, -0.25) is 4.90 Å². The maximum atomic E-state index is 12.8. The van der Waals surface area contributed by atoms with Crippen LogP contribution in [-0.2, 0) is 6.18 Å². The van der Waals surface area contributed by atoms with E-state index in [2.05, 4.69) is 16.7 Å². The van der Waals surface area contributed by atoms with Crippen LogP contribution in [0.5, 0.6) is 0 Å². The Morgan fingerprint density at radius 1 is 1.08 bits per heavy atom. The zero-order chi connectivity index (χ0) is 18.6. The molecule has 0 saturated carbocycles. The average Bonchev–Trinajstić information content (AvgIpc) is 3.11. The predicted molar refractivity (Wildman–Crippen MR) is 94.3 cm³/mol. The van der Waals surface area contributed by atoms with E-state index >= 15 is 0 Å². The normalized spacial score (nSPS) is 19.0. The van der Waals surface area contributed by atoms with Gasteiger partial charge in [-0.1, -0.05) is 42.2 Å². The van der Waals surface area contributed by atoms with Gasteiger partial charge < -0.3 is 5.11 Å². The summed E-state index contributed by atoms with van der Waals surface area (Å²) >= 11 is 0. The predicted octanol–water partition coefficient (Wildman–Crippen LogP) is 4.25. The van der Waals surface area contributed by atoms with E-state index in [9.17, 15) is 18.3 Å². The Bertz CT molecular complexity index is 775. The van der Waals surface area contributed by atoms with Crippen molar-refractivity contribution in [3.8, 4) is 11.8 Å². The van der Waals surface area contributed by atoms with Gasteiger partial charge in [0.15, 0.2) is 0 Å². The number of rotatable bonds is 3. The summed E-state index contributed by atoms with van der Waals surface area (Å²) in [7, 11) is 0. The minimum absolute atomic E-state index is 0.0180. The summed E-state index contributed by atoms with van der Waals surface area (Å²) in [5.41, 5.74) is 0.891. The molecule has 1 fully saturated rings. The van der Waals surface area contributed by atoms with Crippen LogP contribution in [0.25, 0.3) is 0 Å². The van der Waals surface area contributed by atoms with Crippen LogP contribution in [0.2, 0.25) is 0 Å². The molecule has 0 unspecified atom stereocenters. The monoisotopic (exact) mass is 359 g/mol. The lowest BCUT2D eigenvalue weighted by Crippen LogP contribution is -2.35. The molecule has 0 aromatic heterocycles. The highest BCUT2D eigenvalue weighted by molar-refractivity contribution is 5.38. The van der Waals surface area contributed by atoms with Crippen LogP contribution in [0.4, 0.5) is 13.2 Å². The fourth-order valence-corrected chi connectivity index (χ4v) is 3.28. The molecule has 1 aliphatic heterocycles. The lowest BCUT2D eigenvalue weighted by atomic mass is 10.0. The Balaban J connectivity index is 1.94. The number of benzene rings is 2. The van der Waals surface area contributed by atoms with Crippen molar-refractivity contribution in [3.63, 3.8) is 0 Å². The summed E-state index contributed by atoms with van der Waals surface area (Å²) in [4.78, 5) is 2.08. The molecule has 2 nitrogen and oxygen atoms in total. The Morgan fingerprint density at radius 3 is 2.38 bits per heavy atom. The Hall–Kier alpha value is -2.29. The van der Waals surface area contributed by atoms with Crippen LogP contribution < -0.4 is 0 Å². The first-order valence-electron chi connectivity index (χ1n) is 8.59. The van der Waals surface area contributed by atoms with Crippen LogP contribution in [0.15, 0.2) is 54.6 Å². The van der Waals surface area contributed by atoms with Crippen molar-refractivity contribution < 1.29 is 18.3 Å². The molecule has 5 heteroatoms. The van der Waals surface area contributed by atoms with Gasteiger partial charge in [0, 0.05) is 18.2 Å². The van der Waals surface area contributed by atoms with Gasteiger partial charge >= 0.3 is 6.18 Å². The van der Waals surface area contributed by atoms with Crippen LogP contribution in [0.1, 0.15) is 35.6 Å². The first-order chi connectivity index (χ1) is 12.5. The first-order valence-corrected chi connectivity index (χ1v) is 8.59. The van der Waals surface area contributed by atoms with Gasteiger partial charge in [-0.25, -0.2) is 0 Å². The summed E-state index contributed by atoms with van der Waals surface area (Å²) in [5.74, 6) is 6.31. The summed E-state index contributed by atoms with van der Waals surface area (Å²) in [6.07, 6.45) is -2.55. The molecule has 1 saturated heterocycles. The molecule has 3 rings (SSSR count). The van der Waals surface area contributed by atoms with Crippen molar-refractivity contribution >= 4 is 0 Å². The van der Waals surface area contributed by atoms with Gasteiger partial charge in [0.2, 0.25) is 0 Å². The number of nitrogens with zero attached hydrogens (tertiary/aromatic N) is 1. The van der Waals surface area contributed by atoms with E-state index in [4.69, 9.17) is 0 Å². The first kappa shape index (κ1) is 18.5. The quantitative estimate of drug-likeness (QED) is 0.828. The maximum Gasteiger partial charge on any atom is 0.416 e. The molecule has 26 heavy (non-hydrogen) atoms. The number of likely N-dealkylation sites (tertiary alicyclic amines) is 1. The minimum atomic E-state index is -4.36. The summed E-state index contributed by atoms with van der Waals surface area (Å²) in [5, 5.41) is 9.63. The largest absolute Gasteiger partial charge is 0.416 e. The van der Waals surface area contributed by atoms with Gasteiger partial charge in [0.05, 0.1) is 18.2 Å². The molecule has 0 aliphatic carbocycles. The third-order valence-corrected chi connectivity index (χ3v) is 4.65. The molecule has 1 aliphatic rings. The molecule has 0 amide bonds. The highest BCUT2D eigenvalue weighted by Gasteiger charge is 2.32. The fourth-order valence-electron chi connectivity index (χ4n) is 3.28. The average molecular weight is 359 g/mol. The standard InChI is InChI=1S/C21H20F3NO/c22-21(23,24)18-11-9-17(10-12-18)20(25-14-4-7-19(25)15-26)13-8-16-5-2-1-3-6-16/h1-3,5-6,9-12,19-20,26H,4,7,14-15H2/t19-,20+/m0/s1. The Labute approximate surface area is 151 Å². The number of aliphatic hydroxyl groups excluding tert-OH is 1. The lowest BCUT2D eigenvalue weighted by Gasteiger charge is -2.29. The maximum absolute atomic E-state index is 12.8. The molecule has 2 aromatic carbocycles. The highest BCUT2D eigenvalue weighted by Crippen LogP contribution is 2.33. The van der Waals surface area contributed by atoms with Gasteiger partial charge in [-0.15, -0.1) is 0 Å². The third kappa shape index (κ3) is 4.27. The van der Waals surface area contributed by atoms with Crippen molar-refractivity contribution in [3.05, 3.63) is 71.3 Å². The van der Waals surface area contributed by atoms with E-state index in [1.807, 2.05) is 30.3 Å². The van der Waals surface area contributed by atoms with Crippen molar-refractivity contribution in [1.29, 1.82) is 0 Å². The van der Waals surface area contributed by atoms with E-state index < -0.39 is 11.7 Å². The zero-order valence-electron chi connectivity index (χ0n) is 14.2. The number of hydrogen-bond donors (Lipinski definition) is 1. The zero-order valence-corrected chi connectivity index (χ0v) is 14.2. The van der Waals surface area contributed by atoms with Gasteiger partial charge in [-0.2, -0.15) is 13.2 Å². The van der Waals surface area contributed by atoms with Crippen LogP contribution in [-0.4, -0.2) is 29.2 Å². The van der Waals surface area contributed by atoms with E-state index in [1.165, 1.54) is 12.1 Å². The lowest BCUT2D eigenvalue weighted by molar-refractivity contribution is -0.137. The third-order valence-electron chi connectivity index (χ3n) is 4.65. The second kappa shape index (κ2) is 7.94. The van der Waals surface area contributed by atoms with Crippen molar-refractivity contribution in [2.24, 2.45) is 0 Å². The molecule has 0 spiro atoms. The smallest absolute Gasteiger partial charge is 0.395 e. The molecular formula is C21H20F3NO. The highest BCUT2D eigenvalue weighted by atomic mass is 19.4. The van der Waals surface area contributed by atoms with Crippen molar-refractivity contribution in [2.45, 2.75) is 31.1 Å². The Morgan fingerprint density at radius 2 is 1.77 bits per heavy atom. The minimum Gasteiger partial charge on any atom is -0.395 e. The molecule has 0 bridgehead atoms. The SMILES string of the molecule is OC[C@@H]1CCCN1[C@H](C#Cc1ccccc1)c1ccc(C(F)(F)F)cc1.